The molecule has 0 aromatic heterocycles. The Labute approximate surface area is 175 Å². The molecule has 160 valence electrons. The van der Waals surface area contributed by atoms with Crippen molar-refractivity contribution < 1.29 is 28.2 Å². The lowest BCUT2D eigenvalue weighted by Gasteiger charge is -2.32. The SMILES string of the molecule is C[NH+](CC(=O)N1CC[NH+](CC(=O)Nc2ccc(F)cc2)CC1)Cc1cccc(F)c1. The van der Waals surface area contributed by atoms with Crippen LogP contribution in [0.4, 0.5) is 14.5 Å². The topological polar surface area (TPSA) is 58.3 Å². The number of carbonyl (C=O) groups is 2. The molecule has 0 bridgehead atoms. The van der Waals surface area contributed by atoms with Gasteiger partial charge in [-0.15, -0.1) is 0 Å². The second kappa shape index (κ2) is 10.3. The molecule has 1 aliphatic rings. The van der Waals surface area contributed by atoms with E-state index in [9.17, 15) is 18.4 Å². The molecule has 3 rings (SSSR count). The number of likely N-dealkylation sites (N-methyl/N-ethyl adjacent to an activating group) is 1. The Bertz CT molecular complexity index is 868. The highest BCUT2D eigenvalue weighted by molar-refractivity contribution is 5.91. The summed E-state index contributed by atoms with van der Waals surface area (Å²) in [5.41, 5.74) is 1.43. The van der Waals surface area contributed by atoms with Gasteiger partial charge in [-0.05, 0) is 36.4 Å². The van der Waals surface area contributed by atoms with E-state index in [1.807, 2.05) is 18.0 Å². The normalized spacial score (nSPS) is 15.6. The zero-order valence-electron chi connectivity index (χ0n) is 17.1. The lowest BCUT2D eigenvalue weighted by atomic mass is 10.2. The van der Waals surface area contributed by atoms with Crippen LogP contribution in [0.15, 0.2) is 48.5 Å². The predicted molar refractivity (Wildman–Crippen MR) is 109 cm³/mol. The molecule has 1 aliphatic heterocycles. The average molecular weight is 418 g/mol. The fourth-order valence-electron chi connectivity index (χ4n) is 3.64. The van der Waals surface area contributed by atoms with Crippen LogP contribution in [0.2, 0.25) is 0 Å². The standard InChI is InChI=1S/C22H26F2N4O2/c1-26(14-17-3-2-4-19(24)13-17)16-22(30)28-11-9-27(10-12-28)15-21(29)25-20-7-5-18(23)6-8-20/h2-8,13H,9-12,14-16H2,1H3,(H,25,29)/p+2. The smallest absolute Gasteiger partial charge is 0.279 e. The van der Waals surface area contributed by atoms with Crippen LogP contribution in [0, 0.1) is 11.6 Å². The third-order valence-corrected chi connectivity index (χ3v) is 5.21. The quantitative estimate of drug-likeness (QED) is 0.560. The second-order valence-corrected chi connectivity index (χ2v) is 7.80. The molecule has 2 aromatic rings. The van der Waals surface area contributed by atoms with Crippen LogP contribution in [0.1, 0.15) is 5.56 Å². The number of piperazine rings is 1. The van der Waals surface area contributed by atoms with Crippen molar-refractivity contribution in [3.63, 3.8) is 0 Å². The van der Waals surface area contributed by atoms with Crippen molar-refractivity contribution in [3.05, 3.63) is 65.7 Å². The van der Waals surface area contributed by atoms with Crippen LogP contribution in [-0.2, 0) is 16.1 Å². The summed E-state index contributed by atoms with van der Waals surface area (Å²) in [7, 11) is 1.92. The van der Waals surface area contributed by atoms with Gasteiger partial charge in [0.15, 0.2) is 13.1 Å². The third kappa shape index (κ3) is 6.60. The Morgan fingerprint density at radius 1 is 1.07 bits per heavy atom. The summed E-state index contributed by atoms with van der Waals surface area (Å²) in [5.74, 6) is -0.675. The number of rotatable bonds is 7. The molecule has 1 atom stereocenters. The van der Waals surface area contributed by atoms with E-state index in [-0.39, 0.29) is 23.4 Å². The van der Waals surface area contributed by atoms with Crippen molar-refractivity contribution in [2.45, 2.75) is 6.54 Å². The third-order valence-electron chi connectivity index (χ3n) is 5.21. The van der Waals surface area contributed by atoms with Gasteiger partial charge in [0.25, 0.3) is 11.8 Å². The summed E-state index contributed by atoms with van der Waals surface area (Å²) in [6.45, 7) is 3.84. The van der Waals surface area contributed by atoms with Gasteiger partial charge in [-0.3, -0.25) is 9.59 Å². The maximum atomic E-state index is 13.3. The van der Waals surface area contributed by atoms with Crippen molar-refractivity contribution >= 4 is 17.5 Å². The molecule has 1 fully saturated rings. The lowest BCUT2D eigenvalue weighted by molar-refractivity contribution is -0.896. The summed E-state index contributed by atoms with van der Waals surface area (Å²) in [4.78, 5) is 28.7. The van der Waals surface area contributed by atoms with Gasteiger partial charge in [0.2, 0.25) is 0 Å². The maximum absolute atomic E-state index is 13.3. The highest BCUT2D eigenvalue weighted by Gasteiger charge is 2.26. The molecule has 1 saturated heterocycles. The van der Waals surface area contributed by atoms with E-state index in [1.54, 1.807) is 6.07 Å². The zero-order valence-corrected chi connectivity index (χ0v) is 17.1. The predicted octanol–water partition coefficient (Wildman–Crippen LogP) is -0.655. The number of benzene rings is 2. The van der Waals surface area contributed by atoms with E-state index in [1.165, 1.54) is 36.4 Å². The van der Waals surface area contributed by atoms with Gasteiger partial charge in [0, 0.05) is 11.3 Å². The van der Waals surface area contributed by atoms with Crippen LogP contribution in [0.25, 0.3) is 0 Å². The lowest BCUT2D eigenvalue weighted by Crippen LogP contribution is -3.16. The van der Waals surface area contributed by atoms with Gasteiger partial charge >= 0.3 is 0 Å². The van der Waals surface area contributed by atoms with Crippen molar-refractivity contribution in [1.82, 2.24) is 4.90 Å². The number of nitrogens with zero attached hydrogens (tertiary/aromatic N) is 1. The number of hydrogen-bond acceptors (Lipinski definition) is 2. The molecule has 2 amide bonds. The zero-order chi connectivity index (χ0) is 21.5. The molecule has 0 radical (unpaired) electrons. The molecule has 1 unspecified atom stereocenters. The largest absolute Gasteiger partial charge is 0.327 e. The van der Waals surface area contributed by atoms with Gasteiger partial charge in [-0.25, -0.2) is 8.78 Å². The molecule has 30 heavy (non-hydrogen) atoms. The molecular formula is C22H28F2N4O2+2. The van der Waals surface area contributed by atoms with E-state index < -0.39 is 0 Å². The van der Waals surface area contributed by atoms with E-state index in [2.05, 4.69) is 5.32 Å². The number of anilines is 1. The van der Waals surface area contributed by atoms with E-state index in [0.29, 0.717) is 51.5 Å². The first-order valence-corrected chi connectivity index (χ1v) is 10.1. The van der Waals surface area contributed by atoms with Crippen LogP contribution in [0.5, 0.6) is 0 Å². The number of nitrogens with one attached hydrogen (secondary N) is 3. The Balaban J connectivity index is 1.39. The monoisotopic (exact) mass is 418 g/mol. The van der Waals surface area contributed by atoms with Crippen LogP contribution in [0.3, 0.4) is 0 Å². The first kappa shape index (κ1) is 21.9. The van der Waals surface area contributed by atoms with E-state index in [4.69, 9.17) is 0 Å². The van der Waals surface area contributed by atoms with Gasteiger partial charge in [0.05, 0.1) is 33.2 Å². The molecule has 1 heterocycles. The minimum absolute atomic E-state index is 0.0683. The fourth-order valence-corrected chi connectivity index (χ4v) is 3.64. The molecule has 0 saturated carbocycles. The number of hydrogen-bond donors (Lipinski definition) is 3. The molecule has 0 aliphatic carbocycles. The average Bonchev–Trinajstić information content (AvgIpc) is 2.70. The maximum Gasteiger partial charge on any atom is 0.279 e. The van der Waals surface area contributed by atoms with Gasteiger partial charge in [-0.2, -0.15) is 0 Å². The summed E-state index contributed by atoms with van der Waals surface area (Å²) < 4.78 is 26.2. The van der Waals surface area contributed by atoms with Crippen molar-refractivity contribution in [2.75, 3.05) is 51.6 Å². The summed E-state index contributed by atoms with van der Waals surface area (Å²) in [6, 6.07) is 12.1. The van der Waals surface area contributed by atoms with Crippen LogP contribution in [-0.4, -0.2) is 63.0 Å². The Kier molecular flexibility index (Phi) is 7.48. The Morgan fingerprint density at radius 3 is 2.43 bits per heavy atom. The summed E-state index contributed by atoms with van der Waals surface area (Å²) >= 11 is 0. The van der Waals surface area contributed by atoms with E-state index >= 15 is 0 Å². The highest BCUT2D eigenvalue weighted by Crippen LogP contribution is 2.07. The van der Waals surface area contributed by atoms with Crippen LogP contribution < -0.4 is 15.1 Å². The number of halogens is 2. The number of carbonyl (C=O) groups excluding carboxylic acids is 2. The highest BCUT2D eigenvalue weighted by atomic mass is 19.1. The first-order valence-electron chi connectivity index (χ1n) is 10.1. The molecule has 0 spiro atoms. The van der Waals surface area contributed by atoms with E-state index in [0.717, 1.165) is 15.4 Å². The Morgan fingerprint density at radius 2 is 1.77 bits per heavy atom. The summed E-state index contributed by atoms with van der Waals surface area (Å²) in [5, 5.41) is 2.77. The van der Waals surface area contributed by atoms with Crippen LogP contribution >= 0.6 is 0 Å². The van der Waals surface area contributed by atoms with Crippen molar-refractivity contribution in [1.29, 1.82) is 0 Å². The molecule has 8 heteroatoms. The van der Waals surface area contributed by atoms with Gasteiger partial charge in [-0.1, -0.05) is 12.1 Å². The van der Waals surface area contributed by atoms with Crippen molar-refractivity contribution in [3.8, 4) is 0 Å². The number of amides is 2. The fraction of sp³-hybridized carbons (Fsp3) is 0.364. The molecular weight excluding hydrogens is 390 g/mol. The first-order chi connectivity index (χ1) is 14.4. The Hall–Kier alpha value is -2.84. The molecule has 6 nitrogen and oxygen atoms in total. The molecule has 3 N–H and O–H groups in total. The second-order valence-electron chi connectivity index (χ2n) is 7.80. The van der Waals surface area contributed by atoms with Gasteiger partial charge < -0.3 is 20.0 Å². The number of quaternary nitrogens is 2. The minimum Gasteiger partial charge on any atom is -0.327 e. The summed E-state index contributed by atoms with van der Waals surface area (Å²) in [6.07, 6.45) is 0. The minimum atomic E-state index is -0.345. The molecule has 2 aromatic carbocycles. The van der Waals surface area contributed by atoms with Crippen molar-refractivity contribution in [2.24, 2.45) is 0 Å². The van der Waals surface area contributed by atoms with Gasteiger partial charge in [0.1, 0.15) is 18.2 Å².